The standard InChI is InChI=1S/C10H11O/c1-2-3-9-4-6-10(8-11)7-5-9/h9H,3-7H2. The van der Waals surface area contributed by atoms with Crippen molar-refractivity contribution < 1.29 is 4.79 Å². The molecule has 0 aromatic heterocycles. The van der Waals surface area contributed by atoms with E-state index in [0.717, 1.165) is 37.7 Å². The first-order chi connectivity index (χ1) is 5.36. The molecule has 1 nitrogen and oxygen atoms in total. The van der Waals surface area contributed by atoms with Gasteiger partial charge in [0.2, 0.25) is 0 Å². The van der Waals surface area contributed by atoms with Gasteiger partial charge in [0, 0.05) is 12.0 Å². The largest absolute Gasteiger partial charge is 0.234 e. The van der Waals surface area contributed by atoms with Gasteiger partial charge in [-0.1, -0.05) is 5.92 Å². The molecule has 0 spiro atoms. The molecular formula is C10H11O. The first-order valence-electron chi connectivity index (χ1n) is 3.99. The Kier molecular flexibility index (Phi) is 2.95. The molecule has 0 bridgehead atoms. The van der Waals surface area contributed by atoms with Crippen molar-refractivity contribution in [2.45, 2.75) is 32.1 Å². The summed E-state index contributed by atoms with van der Waals surface area (Å²) in [5.41, 5.74) is 0.922. The van der Waals surface area contributed by atoms with Crippen LogP contribution in [0, 0.1) is 18.3 Å². The average molecular weight is 147 g/mol. The molecule has 1 saturated carbocycles. The van der Waals surface area contributed by atoms with Crippen molar-refractivity contribution in [1.29, 1.82) is 0 Å². The molecule has 1 aliphatic rings. The Bertz CT molecular complexity index is 206. The van der Waals surface area contributed by atoms with E-state index in [0.29, 0.717) is 5.92 Å². The number of rotatable bonds is 1. The molecule has 0 saturated heterocycles. The van der Waals surface area contributed by atoms with Gasteiger partial charge in [0.05, 0.1) is 0 Å². The molecule has 57 valence electrons. The molecule has 0 N–H and O–H groups in total. The number of allylic oxidation sites excluding steroid dienone is 1. The van der Waals surface area contributed by atoms with Gasteiger partial charge in [-0.05, 0) is 38.0 Å². The Morgan fingerprint density at radius 2 is 2.09 bits per heavy atom. The average Bonchev–Trinajstić information content (AvgIpc) is 2.07. The maximum atomic E-state index is 10.2. The van der Waals surface area contributed by atoms with Crippen molar-refractivity contribution >= 4 is 5.94 Å². The highest BCUT2D eigenvalue weighted by molar-refractivity contribution is 5.52. The van der Waals surface area contributed by atoms with Crippen molar-refractivity contribution in [1.82, 2.24) is 0 Å². The fraction of sp³-hybridized carbons (Fsp3) is 0.600. The summed E-state index contributed by atoms with van der Waals surface area (Å²) in [7, 11) is 0. The minimum atomic E-state index is 0.588. The van der Waals surface area contributed by atoms with Gasteiger partial charge in [0.15, 0.2) is 0 Å². The summed E-state index contributed by atoms with van der Waals surface area (Å²) in [5, 5.41) is 0. The molecule has 0 amide bonds. The molecular weight excluding hydrogens is 136 g/mol. The van der Waals surface area contributed by atoms with Crippen LogP contribution in [0.4, 0.5) is 0 Å². The Morgan fingerprint density at radius 1 is 1.45 bits per heavy atom. The van der Waals surface area contributed by atoms with Gasteiger partial charge >= 0.3 is 0 Å². The molecule has 0 atom stereocenters. The van der Waals surface area contributed by atoms with E-state index in [9.17, 15) is 4.79 Å². The Labute approximate surface area is 67.5 Å². The van der Waals surface area contributed by atoms with E-state index < -0.39 is 0 Å². The van der Waals surface area contributed by atoms with Crippen molar-refractivity contribution in [2.75, 3.05) is 0 Å². The summed E-state index contributed by atoms with van der Waals surface area (Å²) in [5.74, 6) is 4.97. The van der Waals surface area contributed by atoms with E-state index >= 15 is 0 Å². The lowest BCUT2D eigenvalue weighted by atomic mass is 9.85. The lowest BCUT2D eigenvalue weighted by molar-refractivity contribution is 0.418. The Hall–Kier alpha value is -0.990. The summed E-state index contributed by atoms with van der Waals surface area (Å²) >= 11 is 0. The minimum Gasteiger partial charge on any atom is -0.234 e. The molecule has 0 heterocycles. The first kappa shape index (κ1) is 8.11. The summed E-state index contributed by atoms with van der Waals surface area (Å²) < 4.78 is 0. The zero-order chi connectivity index (χ0) is 8.10. The predicted molar refractivity (Wildman–Crippen MR) is 42.9 cm³/mol. The smallest absolute Gasteiger partial charge is 0.123 e. The summed E-state index contributed by atoms with van der Waals surface area (Å²) in [6.45, 7) is 0. The monoisotopic (exact) mass is 147 g/mol. The first-order valence-corrected chi connectivity index (χ1v) is 3.99. The summed E-state index contributed by atoms with van der Waals surface area (Å²) in [6.07, 6.45) is 11.4. The molecule has 0 aliphatic heterocycles. The van der Waals surface area contributed by atoms with Crippen molar-refractivity contribution in [3.05, 3.63) is 12.0 Å². The Balaban J connectivity index is 2.37. The van der Waals surface area contributed by atoms with Crippen LogP contribution in [0.2, 0.25) is 0 Å². The molecule has 1 heteroatoms. The van der Waals surface area contributed by atoms with Crippen LogP contribution >= 0.6 is 0 Å². The maximum Gasteiger partial charge on any atom is 0.123 e. The van der Waals surface area contributed by atoms with E-state index in [4.69, 9.17) is 6.42 Å². The van der Waals surface area contributed by atoms with Crippen LogP contribution in [0.5, 0.6) is 0 Å². The summed E-state index contributed by atoms with van der Waals surface area (Å²) in [4.78, 5) is 10.2. The molecule has 0 unspecified atom stereocenters. The maximum absolute atomic E-state index is 10.2. The lowest BCUT2D eigenvalue weighted by Crippen LogP contribution is -2.07. The van der Waals surface area contributed by atoms with E-state index in [1.165, 1.54) is 0 Å². The topological polar surface area (TPSA) is 17.1 Å². The molecule has 1 rings (SSSR count). The second-order valence-electron chi connectivity index (χ2n) is 3.03. The van der Waals surface area contributed by atoms with Crippen LogP contribution < -0.4 is 0 Å². The van der Waals surface area contributed by atoms with Crippen LogP contribution in [0.3, 0.4) is 0 Å². The molecule has 1 radical (unpaired) electrons. The van der Waals surface area contributed by atoms with Crippen molar-refractivity contribution in [2.24, 2.45) is 5.92 Å². The third kappa shape index (κ3) is 2.26. The Morgan fingerprint density at radius 3 is 2.55 bits per heavy atom. The summed E-state index contributed by atoms with van der Waals surface area (Å²) in [6, 6.07) is 0. The van der Waals surface area contributed by atoms with Crippen molar-refractivity contribution in [3.8, 4) is 5.92 Å². The van der Waals surface area contributed by atoms with Crippen molar-refractivity contribution in [3.63, 3.8) is 0 Å². The highest BCUT2D eigenvalue weighted by Gasteiger charge is 2.15. The molecule has 1 aliphatic carbocycles. The highest BCUT2D eigenvalue weighted by atomic mass is 16.1. The van der Waals surface area contributed by atoms with Gasteiger partial charge in [-0.15, -0.1) is 0 Å². The number of carbonyl (C=O) groups excluding carboxylic acids is 1. The van der Waals surface area contributed by atoms with Gasteiger partial charge in [-0.2, -0.15) is 0 Å². The second kappa shape index (κ2) is 4.01. The molecule has 11 heavy (non-hydrogen) atoms. The van der Waals surface area contributed by atoms with E-state index in [-0.39, 0.29) is 0 Å². The van der Waals surface area contributed by atoms with E-state index in [2.05, 4.69) is 5.92 Å². The highest BCUT2D eigenvalue weighted by Crippen LogP contribution is 2.28. The van der Waals surface area contributed by atoms with Crippen LogP contribution in [0.15, 0.2) is 5.57 Å². The molecule has 0 aromatic carbocycles. The molecule has 0 aromatic rings. The zero-order valence-electron chi connectivity index (χ0n) is 6.52. The van der Waals surface area contributed by atoms with Crippen LogP contribution in [-0.2, 0) is 4.79 Å². The quantitative estimate of drug-likeness (QED) is 0.409. The predicted octanol–water partition coefficient (Wildman–Crippen LogP) is 1.91. The van der Waals surface area contributed by atoms with Gasteiger partial charge in [-0.3, -0.25) is 0 Å². The minimum absolute atomic E-state index is 0.588. The lowest BCUT2D eigenvalue weighted by Gasteiger charge is -2.19. The second-order valence-corrected chi connectivity index (χ2v) is 3.03. The fourth-order valence-corrected chi connectivity index (χ4v) is 1.48. The van der Waals surface area contributed by atoms with Gasteiger partial charge in [0.25, 0.3) is 0 Å². The van der Waals surface area contributed by atoms with E-state index in [1.807, 2.05) is 5.94 Å². The number of hydrogen-bond acceptors (Lipinski definition) is 1. The van der Waals surface area contributed by atoms with Gasteiger partial charge < -0.3 is 0 Å². The van der Waals surface area contributed by atoms with Gasteiger partial charge in [-0.25, -0.2) is 4.79 Å². The normalized spacial score (nSPS) is 23.9. The molecule has 1 fully saturated rings. The van der Waals surface area contributed by atoms with Crippen LogP contribution in [0.25, 0.3) is 0 Å². The van der Waals surface area contributed by atoms with E-state index in [1.54, 1.807) is 0 Å². The zero-order valence-corrected chi connectivity index (χ0v) is 6.52. The third-order valence-corrected chi connectivity index (χ3v) is 2.24. The SMILES string of the molecule is [C]#CCC1CCC(=C=O)CC1. The third-order valence-electron chi connectivity index (χ3n) is 2.24. The fourth-order valence-electron chi connectivity index (χ4n) is 1.48. The number of hydrogen-bond donors (Lipinski definition) is 0. The van der Waals surface area contributed by atoms with Crippen LogP contribution in [0.1, 0.15) is 32.1 Å². The van der Waals surface area contributed by atoms with Crippen LogP contribution in [-0.4, -0.2) is 5.94 Å². The van der Waals surface area contributed by atoms with Gasteiger partial charge in [0.1, 0.15) is 5.94 Å².